The molecule has 3 amide bonds. The molecule has 0 spiro atoms. The number of rotatable bonds is 11. The maximum Gasteiger partial charge on any atom is 0.408 e. The van der Waals surface area contributed by atoms with Gasteiger partial charge in [-0.1, -0.05) is 44.2 Å². The lowest BCUT2D eigenvalue weighted by Crippen LogP contribution is -2.54. The van der Waals surface area contributed by atoms with Crippen LogP contribution in [-0.4, -0.2) is 41.6 Å². The van der Waals surface area contributed by atoms with E-state index in [0.29, 0.717) is 6.42 Å². The second kappa shape index (κ2) is 12.7. The average molecular weight is 450 g/mol. The summed E-state index contributed by atoms with van der Waals surface area (Å²) in [6.07, 6.45) is -0.529. The fraction of sp³-hybridized carbons (Fsp3) is 0.565. The number of nitrogens with two attached hydrogens (primary N) is 1. The maximum absolute atomic E-state index is 12.7. The molecule has 0 saturated heterocycles. The third kappa shape index (κ3) is 11.3. The zero-order valence-corrected chi connectivity index (χ0v) is 19.5. The normalized spacial score (nSPS) is 13.1. The van der Waals surface area contributed by atoms with Gasteiger partial charge in [0, 0.05) is 6.42 Å². The highest BCUT2D eigenvalue weighted by atomic mass is 16.6. The molecule has 0 fully saturated rings. The predicted molar refractivity (Wildman–Crippen MR) is 119 cm³/mol. The molecule has 0 aromatic heterocycles. The minimum Gasteiger partial charge on any atom is -0.461 e. The summed E-state index contributed by atoms with van der Waals surface area (Å²) >= 11 is 0. The van der Waals surface area contributed by atoms with Gasteiger partial charge in [0.05, 0.1) is 0 Å². The van der Waals surface area contributed by atoms with Crippen LogP contribution in [-0.2, 0) is 30.5 Å². The van der Waals surface area contributed by atoms with Crippen molar-refractivity contribution < 1.29 is 28.7 Å². The Morgan fingerprint density at radius 2 is 1.62 bits per heavy atom. The van der Waals surface area contributed by atoms with Crippen LogP contribution in [0.5, 0.6) is 0 Å². The lowest BCUT2D eigenvalue weighted by molar-refractivity contribution is -0.145. The Balaban J connectivity index is 2.65. The van der Waals surface area contributed by atoms with Crippen molar-refractivity contribution in [3.8, 4) is 0 Å². The second-order valence-corrected chi connectivity index (χ2v) is 8.98. The molecule has 1 rings (SSSR count). The van der Waals surface area contributed by atoms with E-state index >= 15 is 0 Å². The highest BCUT2D eigenvalue weighted by Gasteiger charge is 2.28. The number of nitrogens with one attached hydrogen (secondary N) is 2. The Hall–Kier alpha value is -3.10. The number of carbonyl (C=O) groups excluding carboxylic acids is 4. The smallest absolute Gasteiger partial charge is 0.408 e. The standard InChI is InChI=1S/C23H35N3O6/c1-15(2)13-18(26-22(30)32-23(3,4)5)21(29)25-17(20(24)28)11-12-19(27)31-14-16-9-7-6-8-10-16/h6-10,15,17-18H,11-14H2,1-5H3,(H2,24,28)(H,25,29)(H,26,30)/t17-,18-/m1/s1. The summed E-state index contributed by atoms with van der Waals surface area (Å²) in [7, 11) is 0. The van der Waals surface area contributed by atoms with Gasteiger partial charge >= 0.3 is 12.1 Å². The molecule has 0 unspecified atom stereocenters. The van der Waals surface area contributed by atoms with Gasteiger partial charge < -0.3 is 25.8 Å². The lowest BCUT2D eigenvalue weighted by atomic mass is 10.0. The monoisotopic (exact) mass is 449 g/mol. The molecule has 1 aromatic carbocycles. The van der Waals surface area contributed by atoms with Gasteiger partial charge in [-0.25, -0.2) is 4.79 Å². The van der Waals surface area contributed by atoms with E-state index in [1.165, 1.54) is 0 Å². The minimum atomic E-state index is -1.08. The van der Waals surface area contributed by atoms with Gasteiger partial charge in [-0.15, -0.1) is 0 Å². The molecular weight excluding hydrogens is 414 g/mol. The van der Waals surface area contributed by atoms with Crippen molar-refractivity contribution >= 4 is 23.9 Å². The number of esters is 1. The first-order chi connectivity index (χ1) is 14.9. The Kier molecular flexibility index (Phi) is 10.7. The number of alkyl carbamates (subject to hydrolysis) is 1. The van der Waals surface area contributed by atoms with Gasteiger partial charge in [0.25, 0.3) is 0 Å². The molecule has 9 heteroatoms. The Morgan fingerprint density at radius 3 is 2.16 bits per heavy atom. The van der Waals surface area contributed by atoms with Crippen LogP contribution in [0.15, 0.2) is 30.3 Å². The zero-order valence-electron chi connectivity index (χ0n) is 19.5. The molecule has 0 aliphatic heterocycles. The van der Waals surface area contributed by atoms with Gasteiger partial charge in [0.2, 0.25) is 11.8 Å². The van der Waals surface area contributed by atoms with E-state index in [-0.39, 0.29) is 25.4 Å². The topological polar surface area (TPSA) is 137 Å². The summed E-state index contributed by atoms with van der Waals surface area (Å²) in [6.45, 7) is 9.04. The van der Waals surface area contributed by atoms with Crippen molar-refractivity contribution in [3.05, 3.63) is 35.9 Å². The summed E-state index contributed by atoms with van der Waals surface area (Å²) in [5, 5.41) is 5.06. The number of carbonyl (C=O) groups is 4. The van der Waals surface area contributed by atoms with Crippen LogP contribution in [0.1, 0.15) is 59.4 Å². The molecule has 0 aliphatic rings. The van der Waals surface area contributed by atoms with E-state index in [0.717, 1.165) is 5.56 Å². The van der Waals surface area contributed by atoms with Crippen LogP contribution >= 0.6 is 0 Å². The van der Waals surface area contributed by atoms with Crippen LogP contribution in [0.25, 0.3) is 0 Å². The molecule has 0 aliphatic carbocycles. The molecule has 0 saturated carbocycles. The van der Waals surface area contributed by atoms with Crippen LogP contribution in [0.4, 0.5) is 4.79 Å². The quantitative estimate of drug-likeness (QED) is 0.444. The maximum atomic E-state index is 12.7. The Morgan fingerprint density at radius 1 is 1.00 bits per heavy atom. The molecule has 4 N–H and O–H groups in total. The van der Waals surface area contributed by atoms with Crippen LogP contribution in [0.2, 0.25) is 0 Å². The summed E-state index contributed by atoms with van der Waals surface area (Å²) in [5.74, 6) is -1.79. The molecular formula is C23H35N3O6. The zero-order chi connectivity index (χ0) is 24.3. The SMILES string of the molecule is CC(C)C[C@@H](NC(=O)OC(C)(C)C)C(=O)N[C@H](CCC(=O)OCc1ccccc1)C(N)=O. The van der Waals surface area contributed by atoms with Crippen molar-refractivity contribution in [1.82, 2.24) is 10.6 Å². The van der Waals surface area contributed by atoms with Crippen molar-refractivity contribution in [2.45, 2.75) is 78.2 Å². The summed E-state index contributed by atoms with van der Waals surface area (Å²) in [5.41, 5.74) is 5.52. The van der Waals surface area contributed by atoms with E-state index in [1.54, 1.807) is 20.8 Å². The minimum absolute atomic E-state index is 0.0183. The number of hydrogen-bond donors (Lipinski definition) is 3. The summed E-state index contributed by atoms with van der Waals surface area (Å²) in [4.78, 5) is 48.7. The van der Waals surface area contributed by atoms with Crippen molar-refractivity contribution in [3.63, 3.8) is 0 Å². The third-order valence-corrected chi connectivity index (χ3v) is 4.25. The fourth-order valence-electron chi connectivity index (χ4n) is 2.78. The predicted octanol–water partition coefficient (Wildman–Crippen LogP) is 2.42. The number of hydrogen-bond acceptors (Lipinski definition) is 6. The highest BCUT2D eigenvalue weighted by Crippen LogP contribution is 2.11. The summed E-state index contributed by atoms with van der Waals surface area (Å²) < 4.78 is 10.4. The number of benzene rings is 1. The average Bonchev–Trinajstić information content (AvgIpc) is 2.67. The van der Waals surface area contributed by atoms with Gasteiger partial charge in [-0.05, 0) is 45.1 Å². The molecule has 0 bridgehead atoms. The first-order valence-electron chi connectivity index (χ1n) is 10.7. The lowest BCUT2D eigenvalue weighted by Gasteiger charge is -2.25. The van der Waals surface area contributed by atoms with Crippen molar-refractivity contribution in [2.24, 2.45) is 11.7 Å². The van der Waals surface area contributed by atoms with Gasteiger partial charge in [0.15, 0.2) is 0 Å². The van der Waals surface area contributed by atoms with Crippen LogP contribution in [0.3, 0.4) is 0 Å². The van der Waals surface area contributed by atoms with Gasteiger partial charge in [-0.3, -0.25) is 14.4 Å². The van der Waals surface area contributed by atoms with Gasteiger partial charge in [-0.2, -0.15) is 0 Å². The van der Waals surface area contributed by atoms with Crippen molar-refractivity contribution in [1.29, 1.82) is 0 Å². The van der Waals surface area contributed by atoms with Crippen molar-refractivity contribution in [2.75, 3.05) is 0 Å². The highest BCUT2D eigenvalue weighted by molar-refractivity contribution is 5.91. The molecule has 0 radical (unpaired) electrons. The molecule has 1 aromatic rings. The van der Waals surface area contributed by atoms with E-state index < -0.39 is 41.6 Å². The first kappa shape index (κ1) is 26.9. The number of amides is 3. The Bertz CT molecular complexity index is 774. The molecule has 32 heavy (non-hydrogen) atoms. The number of ether oxygens (including phenoxy) is 2. The molecule has 178 valence electrons. The Labute approximate surface area is 189 Å². The van der Waals surface area contributed by atoms with E-state index in [9.17, 15) is 19.2 Å². The molecule has 9 nitrogen and oxygen atoms in total. The molecule has 0 heterocycles. The largest absolute Gasteiger partial charge is 0.461 e. The van der Waals surface area contributed by atoms with Crippen LogP contribution in [0, 0.1) is 5.92 Å². The second-order valence-electron chi connectivity index (χ2n) is 8.98. The third-order valence-electron chi connectivity index (χ3n) is 4.25. The fourth-order valence-corrected chi connectivity index (χ4v) is 2.78. The van der Waals surface area contributed by atoms with Crippen LogP contribution < -0.4 is 16.4 Å². The molecule has 2 atom stereocenters. The van der Waals surface area contributed by atoms with E-state index in [2.05, 4.69) is 10.6 Å². The first-order valence-corrected chi connectivity index (χ1v) is 10.7. The number of primary amides is 1. The van der Waals surface area contributed by atoms with E-state index in [1.807, 2.05) is 44.2 Å². The van der Waals surface area contributed by atoms with E-state index in [4.69, 9.17) is 15.2 Å². The van der Waals surface area contributed by atoms with Gasteiger partial charge in [0.1, 0.15) is 24.3 Å². The summed E-state index contributed by atoms with van der Waals surface area (Å²) in [6, 6.07) is 7.17.